The SMILES string of the molecule is CCCNc1ccc(C(=O)N2CCSC(C)(C)CC2)nc1. The Kier molecular flexibility index (Phi) is 5.51. The van der Waals surface area contributed by atoms with Gasteiger partial charge in [0.25, 0.3) is 5.91 Å². The van der Waals surface area contributed by atoms with E-state index in [4.69, 9.17) is 0 Å². The van der Waals surface area contributed by atoms with Crippen LogP contribution in [0, 0.1) is 0 Å². The number of thioether (sulfide) groups is 1. The number of pyridine rings is 1. The van der Waals surface area contributed by atoms with Gasteiger partial charge >= 0.3 is 0 Å². The van der Waals surface area contributed by atoms with Crippen LogP contribution in [0.3, 0.4) is 0 Å². The molecule has 1 N–H and O–H groups in total. The first-order valence-electron chi connectivity index (χ1n) is 7.65. The molecule has 0 aliphatic carbocycles. The van der Waals surface area contributed by atoms with Crippen molar-refractivity contribution in [2.45, 2.75) is 38.4 Å². The number of hydrogen-bond acceptors (Lipinski definition) is 4. The van der Waals surface area contributed by atoms with Crippen LogP contribution < -0.4 is 5.32 Å². The highest BCUT2D eigenvalue weighted by atomic mass is 32.2. The minimum absolute atomic E-state index is 0.0512. The Morgan fingerprint density at radius 2 is 2.24 bits per heavy atom. The van der Waals surface area contributed by atoms with Crippen LogP contribution in [0.2, 0.25) is 0 Å². The van der Waals surface area contributed by atoms with Crippen LogP contribution in [0.4, 0.5) is 5.69 Å². The molecule has 0 saturated carbocycles. The minimum Gasteiger partial charge on any atom is -0.384 e. The molecule has 1 amide bonds. The maximum absolute atomic E-state index is 12.5. The zero-order chi connectivity index (χ0) is 15.3. The second-order valence-corrected chi connectivity index (χ2v) is 7.81. The molecule has 0 atom stereocenters. The number of hydrogen-bond donors (Lipinski definition) is 1. The largest absolute Gasteiger partial charge is 0.384 e. The summed E-state index contributed by atoms with van der Waals surface area (Å²) in [7, 11) is 0. The molecule has 0 unspecified atom stereocenters. The lowest BCUT2D eigenvalue weighted by atomic mass is 10.1. The third-order valence-electron chi connectivity index (χ3n) is 3.69. The van der Waals surface area contributed by atoms with Crippen molar-refractivity contribution < 1.29 is 4.79 Å². The lowest BCUT2D eigenvalue weighted by Gasteiger charge is -2.22. The molecule has 2 heterocycles. The molecule has 1 fully saturated rings. The van der Waals surface area contributed by atoms with Gasteiger partial charge < -0.3 is 10.2 Å². The third-order valence-corrected chi connectivity index (χ3v) is 5.06. The van der Waals surface area contributed by atoms with E-state index in [2.05, 4.69) is 31.1 Å². The smallest absolute Gasteiger partial charge is 0.272 e. The second kappa shape index (κ2) is 7.16. The fourth-order valence-corrected chi connectivity index (χ4v) is 3.38. The van der Waals surface area contributed by atoms with Gasteiger partial charge in [-0.15, -0.1) is 0 Å². The van der Waals surface area contributed by atoms with Crippen molar-refractivity contribution in [3.8, 4) is 0 Å². The highest BCUT2D eigenvalue weighted by Gasteiger charge is 2.26. The molecule has 0 bridgehead atoms. The van der Waals surface area contributed by atoms with Crippen molar-refractivity contribution in [1.29, 1.82) is 0 Å². The summed E-state index contributed by atoms with van der Waals surface area (Å²) in [5.41, 5.74) is 1.52. The number of carbonyl (C=O) groups excluding carboxylic acids is 1. The average molecular weight is 307 g/mol. The van der Waals surface area contributed by atoms with Crippen molar-refractivity contribution in [3.63, 3.8) is 0 Å². The van der Waals surface area contributed by atoms with Gasteiger partial charge in [0, 0.05) is 30.1 Å². The van der Waals surface area contributed by atoms with Crippen LogP contribution in [0.15, 0.2) is 18.3 Å². The normalized spacial score (nSPS) is 18.1. The van der Waals surface area contributed by atoms with E-state index in [1.807, 2.05) is 28.8 Å². The Balaban J connectivity index is 1.99. The minimum atomic E-state index is 0.0512. The van der Waals surface area contributed by atoms with Gasteiger partial charge in [-0.3, -0.25) is 4.79 Å². The van der Waals surface area contributed by atoms with Crippen molar-refractivity contribution in [1.82, 2.24) is 9.88 Å². The Hall–Kier alpha value is -1.23. The first-order valence-corrected chi connectivity index (χ1v) is 8.63. The van der Waals surface area contributed by atoms with Gasteiger partial charge in [0.2, 0.25) is 0 Å². The number of amides is 1. The molecule has 0 aromatic carbocycles. The van der Waals surface area contributed by atoms with E-state index in [9.17, 15) is 4.79 Å². The van der Waals surface area contributed by atoms with E-state index in [-0.39, 0.29) is 10.7 Å². The maximum atomic E-state index is 12.5. The predicted molar refractivity (Wildman–Crippen MR) is 90.1 cm³/mol. The molecule has 1 aromatic rings. The molecule has 5 heteroatoms. The van der Waals surface area contributed by atoms with E-state index < -0.39 is 0 Å². The molecule has 1 aromatic heterocycles. The first kappa shape index (κ1) is 16.1. The van der Waals surface area contributed by atoms with Gasteiger partial charge in [0.1, 0.15) is 5.69 Å². The summed E-state index contributed by atoms with van der Waals surface area (Å²) in [4.78, 5) is 18.8. The number of rotatable bonds is 4. The summed E-state index contributed by atoms with van der Waals surface area (Å²) in [6.45, 7) is 9.17. The third kappa shape index (κ3) is 4.63. The molecule has 116 valence electrons. The van der Waals surface area contributed by atoms with E-state index in [1.165, 1.54) is 0 Å². The fraction of sp³-hybridized carbons (Fsp3) is 0.625. The molecule has 4 nitrogen and oxygen atoms in total. The van der Waals surface area contributed by atoms with Gasteiger partial charge in [0.15, 0.2) is 0 Å². The zero-order valence-corrected chi connectivity index (χ0v) is 14.0. The molecular formula is C16H25N3OS. The van der Waals surface area contributed by atoms with Crippen LogP contribution in [0.1, 0.15) is 44.1 Å². The molecule has 1 aliphatic heterocycles. The second-order valence-electron chi connectivity index (χ2n) is 6.01. The molecule has 0 radical (unpaired) electrons. The molecule has 2 rings (SSSR count). The monoisotopic (exact) mass is 307 g/mol. The van der Waals surface area contributed by atoms with Crippen molar-refractivity contribution >= 4 is 23.4 Å². The van der Waals surface area contributed by atoms with Gasteiger partial charge in [-0.2, -0.15) is 11.8 Å². The predicted octanol–water partition coefficient (Wildman–Crippen LogP) is 3.26. The standard InChI is InChI=1S/C16H25N3OS/c1-4-8-17-13-5-6-14(18-12-13)15(20)19-9-7-16(2,3)21-11-10-19/h5-6,12,17H,4,7-11H2,1-3H3. The van der Waals surface area contributed by atoms with E-state index in [0.717, 1.165) is 43.9 Å². The molecule has 1 saturated heterocycles. The fourth-order valence-electron chi connectivity index (χ4n) is 2.28. The van der Waals surface area contributed by atoms with Gasteiger partial charge in [-0.05, 0) is 25.0 Å². The van der Waals surface area contributed by atoms with Gasteiger partial charge in [0.05, 0.1) is 11.9 Å². The quantitative estimate of drug-likeness (QED) is 0.927. The van der Waals surface area contributed by atoms with E-state index >= 15 is 0 Å². The van der Waals surface area contributed by atoms with Gasteiger partial charge in [-0.1, -0.05) is 20.8 Å². The van der Waals surface area contributed by atoms with Crippen molar-refractivity contribution in [2.24, 2.45) is 0 Å². The first-order chi connectivity index (χ1) is 10.0. The Morgan fingerprint density at radius 1 is 1.43 bits per heavy atom. The van der Waals surface area contributed by atoms with Crippen LogP contribution in [0.5, 0.6) is 0 Å². The summed E-state index contributed by atoms with van der Waals surface area (Å²) < 4.78 is 0.260. The highest BCUT2D eigenvalue weighted by molar-refractivity contribution is 8.00. The molecular weight excluding hydrogens is 282 g/mol. The van der Waals surface area contributed by atoms with Crippen LogP contribution in [-0.2, 0) is 0 Å². The maximum Gasteiger partial charge on any atom is 0.272 e. The number of aromatic nitrogens is 1. The lowest BCUT2D eigenvalue weighted by Crippen LogP contribution is -2.34. The Bertz CT molecular complexity index is 473. The summed E-state index contributed by atoms with van der Waals surface area (Å²) in [6.07, 6.45) is 3.85. The van der Waals surface area contributed by atoms with Crippen molar-refractivity contribution in [3.05, 3.63) is 24.0 Å². The topological polar surface area (TPSA) is 45.2 Å². The Morgan fingerprint density at radius 3 is 2.90 bits per heavy atom. The summed E-state index contributed by atoms with van der Waals surface area (Å²) in [6, 6.07) is 3.76. The van der Waals surface area contributed by atoms with E-state index in [1.54, 1.807) is 6.20 Å². The lowest BCUT2D eigenvalue weighted by molar-refractivity contribution is 0.0759. The number of carbonyl (C=O) groups is 1. The summed E-state index contributed by atoms with van der Waals surface area (Å²) in [5.74, 6) is 1.05. The number of nitrogens with one attached hydrogen (secondary N) is 1. The van der Waals surface area contributed by atoms with Crippen molar-refractivity contribution in [2.75, 3.05) is 30.7 Å². The summed E-state index contributed by atoms with van der Waals surface area (Å²) in [5, 5.41) is 3.27. The number of anilines is 1. The van der Waals surface area contributed by atoms with Crippen LogP contribution in [-0.4, -0.2) is 45.9 Å². The Labute approximate surface area is 131 Å². The van der Waals surface area contributed by atoms with Crippen LogP contribution in [0.25, 0.3) is 0 Å². The van der Waals surface area contributed by atoms with Crippen LogP contribution >= 0.6 is 11.8 Å². The zero-order valence-electron chi connectivity index (χ0n) is 13.2. The highest BCUT2D eigenvalue weighted by Crippen LogP contribution is 2.30. The molecule has 0 spiro atoms. The number of nitrogens with zero attached hydrogens (tertiary/aromatic N) is 2. The molecule has 21 heavy (non-hydrogen) atoms. The van der Waals surface area contributed by atoms with E-state index in [0.29, 0.717) is 5.69 Å². The summed E-state index contributed by atoms with van der Waals surface area (Å²) >= 11 is 1.94. The average Bonchev–Trinajstić information content (AvgIpc) is 2.66. The van der Waals surface area contributed by atoms with Gasteiger partial charge in [-0.25, -0.2) is 4.98 Å². The molecule has 1 aliphatic rings.